The highest BCUT2D eigenvalue weighted by Gasteiger charge is 2.25. The summed E-state index contributed by atoms with van der Waals surface area (Å²) < 4.78 is 0.953. The minimum atomic E-state index is 0.312. The molecule has 2 unspecified atom stereocenters. The first-order chi connectivity index (χ1) is 6.68. The monoisotopic (exact) mass is 273 g/mol. The summed E-state index contributed by atoms with van der Waals surface area (Å²) in [7, 11) is 0. The molecule has 1 aromatic rings. The highest BCUT2D eigenvalue weighted by atomic mass is 79.9. The van der Waals surface area contributed by atoms with Gasteiger partial charge < -0.3 is 5.73 Å². The molecule has 1 aliphatic rings. The third-order valence-corrected chi connectivity index (χ3v) is 4.17. The van der Waals surface area contributed by atoms with Crippen LogP contribution in [0.1, 0.15) is 30.7 Å². The normalized spacial score (nSPS) is 26.8. The van der Waals surface area contributed by atoms with Crippen molar-refractivity contribution in [2.24, 2.45) is 5.73 Å². The SMILES string of the molecule is NC1CCCC1c1ccc(Br)c(Cl)c1. The third-order valence-electron chi connectivity index (χ3n) is 2.94. The quantitative estimate of drug-likeness (QED) is 0.830. The van der Waals surface area contributed by atoms with E-state index >= 15 is 0 Å². The Kier molecular flexibility index (Phi) is 3.15. The van der Waals surface area contributed by atoms with Crippen molar-refractivity contribution in [3.8, 4) is 0 Å². The number of rotatable bonds is 1. The van der Waals surface area contributed by atoms with Crippen molar-refractivity contribution in [1.82, 2.24) is 0 Å². The average molecular weight is 275 g/mol. The lowest BCUT2D eigenvalue weighted by Crippen LogP contribution is -2.22. The van der Waals surface area contributed by atoms with Crippen LogP contribution in [-0.2, 0) is 0 Å². The summed E-state index contributed by atoms with van der Waals surface area (Å²) in [6.45, 7) is 0. The van der Waals surface area contributed by atoms with Crippen LogP contribution in [0.2, 0.25) is 5.02 Å². The van der Waals surface area contributed by atoms with Crippen molar-refractivity contribution in [3.63, 3.8) is 0 Å². The molecule has 1 aromatic carbocycles. The first kappa shape index (κ1) is 10.5. The molecule has 2 N–H and O–H groups in total. The molecule has 0 aromatic heterocycles. The fourth-order valence-electron chi connectivity index (χ4n) is 2.15. The average Bonchev–Trinajstić information content (AvgIpc) is 2.57. The largest absolute Gasteiger partial charge is 0.327 e. The topological polar surface area (TPSA) is 26.0 Å². The number of hydrogen-bond acceptors (Lipinski definition) is 1. The Morgan fingerprint density at radius 2 is 2.14 bits per heavy atom. The summed E-state index contributed by atoms with van der Waals surface area (Å²) >= 11 is 9.44. The second-order valence-corrected chi connectivity index (χ2v) is 5.14. The summed E-state index contributed by atoms with van der Waals surface area (Å²) in [6.07, 6.45) is 3.57. The zero-order valence-electron chi connectivity index (χ0n) is 7.84. The summed E-state index contributed by atoms with van der Waals surface area (Å²) in [5.74, 6) is 0.501. The predicted molar refractivity (Wildman–Crippen MR) is 63.7 cm³/mol. The maximum Gasteiger partial charge on any atom is 0.0550 e. The van der Waals surface area contributed by atoms with Gasteiger partial charge in [0.1, 0.15) is 0 Å². The molecule has 1 aliphatic carbocycles. The first-order valence-electron chi connectivity index (χ1n) is 4.89. The molecule has 76 valence electrons. The molecule has 3 heteroatoms. The number of benzene rings is 1. The van der Waals surface area contributed by atoms with E-state index < -0.39 is 0 Å². The highest BCUT2D eigenvalue weighted by Crippen LogP contribution is 2.35. The molecule has 0 saturated heterocycles. The molecular weight excluding hydrogens is 261 g/mol. The zero-order valence-corrected chi connectivity index (χ0v) is 10.2. The lowest BCUT2D eigenvalue weighted by Gasteiger charge is -2.16. The number of nitrogens with two attached hydrogens (primary N) is 1. The van der Waals surface area contributed by atoms with Crippen molar-refractivity contribution in [2.45, 2.75) is 31.2 Å². The van der Waals surface area contributed by atoms with Crippen LogP contribution in [0, 0.1) is 0 Å². The van der Waals surface area contributed by atoms with Crippen LogP contribution < -0.4 is 5.73 Å². The first-order valence-corrected chi connectivity index (χ1v) is 6.06. The van der Waals surface area contributed by atoms with Crippen LogP contribution in [0.4, 0.5) is 0 Å². The summed E-state index contributed by atoms with van der Waals surface area (Å²) in [5, 5.41) is 0.779. The zero-order chi connectivity index (χ0) is 10.1. The Bertz CT molecular complexity index is 340. The van der Waals surface area contributed by atoms with Gasteiger partial charge in [-0.15, -0.1) is 0 Å². The molecule has 0 heterocycles. The molecule has 2 atom stereocenters. The maximum atomic E-state index is 6.05. The summed E-state index contributed by atoms with van der Waals surface area (Å²) in [4.78, 5) is 0. The van der Waals surface area contributed by atoms with Gasteiger partial charge in [-0.2, -0.15) is 0 Å². The van der Waals surface area contributed by atoms with Crippen molar-refractivity contribution in [1.29, 1.82) is 0 Å². The molecule has 2 rings (SSSR count). The van der Waals surface area contributed by atoms with Crippen molar-refractivity contribution >= 4 is 27.5 Å². The second-order valence-electron chi connectivity index (χ2n) is 3.87. The van der Waals surface area contributed by atoms with Crippen LogP contribution in [0.15, 0.2) is 22.7 Å². The molecular formula is C11H13BrClN. The fraction of sp³-hybridized carbons (Fsp3) is 0.455. The van der Waals surface area contributed by atoms with E-state index in [1.165, 1.54) is 18.4 Å². The highest BCUT2D eigenvalue weighted by molar-refractivity contribution is 9.10. The van der Waals surface area contributed by atoms with Gasteiger partial charge in [0.05, 0.1) is 5.02 Å². The van der Waals surface area contributed by atoms with E-state index in [9.17, 15) is 0 Å². The van der Waals surface area contributed by atoms with E-state index in [4.69, 9.17) is 17.3 Å². The van der Waals surface area contributed by atoms with E-state index in [0.29, 0.717) is 12.0 Å². The standard InChI is InChI=1S/C11H13BrClN/c12-9-5-4-7(6-10(9)13)8-2-1-3-11(8)14/h4-6,8,11H,1-3,14H2. The van der Waals surface area contributed by atoms with Gasteiger partial charge in [-0.3, -0.25) is 0 Å². The van der Waals surface area contributed by atoms with E-state index in [-0.39, 0.29) is 0 Å². The molecule has 14 heavy (non-hydrogen) atoms. The number of hydrogen-bond donors (Lipinski definition) is 1. The fourth-order valence-corrected chi connectivity index (χ4v) is 2.58. The van der Waals surface area contributed by atoms with Gasteiger partial charge in [-0.25, -0.2) is 0 Å². The smallest absolute Gasteiger partial charge is 0.0550 e. The molecule has 0 spiro atoms. The molecule has 1 nitrogen and oxygen atoms in total. The molecule has 0 bridgehead atoms. The molecule has 0 aliphatic heterocycles. The Morgan fingerprint density at radius 1 is 1.36 bits per heavy atom. The van der Waals surface area contributed by atoms with Crippen molar-refractivity contribution in [2.75, 3.05) is 0 Å². The Hall–Kier alpha value is -0.0500. The van der Waals surface area contributed by atoms with Gasteiger partial charge in [0, 0.05) is 10.5 Å². The van der Waals surface area contributed by atoms with Crippen LogP contribution in [-0.4, -0.2) is 6.04 Å². The lowest BCUT2D eigenvalue weighted by atomic mass is 9.95. The van der Waals surface area contributed by atoms with Gasteiger partial charge in [-0.1, -0.05) is 24.1 Å². The van der Waals surface area contributed by atoms with E-state index in [2.05, 4.69) is 22.0 Å². The third kappa shape index (κ3) is 1.97. The minimum absolute atomic E-state index is 0.312. The summed E-state index contributed by atoms with van der Waals surface area (Å²) in [5.41, 5.74) is 7.33. The molecule has 0 radical (unpaired) electrons. The van der Waals surface area contributed by atoms with Crippen LogP contribution in [0.25, 0.3) is 0 Å². The second kappa shape index (κ2) is 4.21. The van der Waals surface area contributed by atoms with Crippen LogP contribution in [0.5, 0.6) is 0 Å². The van der Waals surface area contributed by atoms with E-state index in [1.54, 1.807) is 0 Å². The predicted octanol–water partition coefficient (Wildman–Crippen LogP) is 3.70. The van der Waals surface area contributed by atoms with Gasteiger partial charge in [0.2, 0.25) is 0 Å². The molecule has 1 fully saturated rings. The summed E-state index contributed by atoms with van der Waals surface area (Å²) in [6, 6.07) is 6.46. The Morgan fingerprint density at radius 3 is 2.71 bits per heavy atom. The molecule has 1 saturated carbocycles. The van der Waals surface area contributed by atoms with E-state index in [1.807, 2.05) is 12.1 Å². The van der Waals surface area contributed by atoms with Gasteiger partial charge in [0.15, 0.2) is 0 Å². The van der Waals surface area contributed by atoms with Crippen molar-refractivity contribution < 1.29 is 0 Å². The Balaban J connectivity index is 2.28. The van der Waals surface area contributed by atoms with Crippen LogP contribution >= 0.6 is 27.5 Å². The molecule has 0 amide bonds. The van der Waals surface area contributed by atoms with Crippen molar-refractivity contribution in [3.05, 3.63) is 33.3 Å². The van der Waals surface area contributed by atoms with Gasteiger partial charge in [-0.05, 0) is 52.4 Å². The lowest BCUT2D eigenvalue weighted by molar-refractivity contribution is 0.613. The van der Waals surface area contributed by atoms with Gasteiger partial charge in [0.25, 0.3) is 0 Å². The Labute approximate surface area is 97.8 Å². The van der Waals surface area contributed by atoms with Crippen LogP contribution in [0.3, 0.4) is 0 Å². The van der Waals surface area contributed by atoms with E-state index in [0.717, 1.165) is 15.9 Å². The minimum Gasteiger partial charge on any atom is -0.327 e. The number of halogens is 2. The maximum absolute atomic E-state index is 6.05. The van der Waals surface area contributed by atoms with Gasteiger partial charge >= 0.3 is 0 Å².